The molecule has 11 heteroatoms. The van der Waals surface area contributed by atoms with E-state index in [1.54, 1.807) is 35.1 Å². The maximum absolute atomic E-state index is 12.6. The van der Waals surface area contributed by atoms with Crippen LogP contribution in [-0.2, 0) is 16.6 Å². The lowest BCUT2D eigenvalue weighted by molar-refractivity contribution is 0.334. The van der Waals surface area contributed by atoms with E-state index in [0.717, 1.165) is 37.3 Å². The smallest absolute Gasteiger partial charge is 0.240 e. The van der Waals surface area contributed by atoms with Gasteiger partial charge in [-0.3, -0.25) is 0 Å². The molecule has 3 heterocycles. The van der Waals surface area contributed by atoms with Crippen LogP contribution in [0.15, 0.2) is 82.2 Å². The fourth-order valence-corrected chi connectivity index (χ4v) is 5.30. The number of aromatic nitrogens is 4. The molecule has 4 aromatic rings. The second kappa shape index (κ2) is 11.0. The van der Waals surface area contributed by atoms with E-state index in [1.807, 2.05) is 30.3 Å². The van der Waals surface area contributed by atoms with Gasteiger partial charge in [-0.1, -0.05) is 30.3 Å². The normalized spacial score (nSPS) is 14.8. The highest BCUT2D eigenvalue weighted by molar-refractivity contribution is 7.89. The Hall–Kier alpha value is -3.54. The van der Waals surface area contributed by atoms with Gasteiger partial charge in [-0.25, -0.2) is 27.8 Å². The first kappa shape index (κ1) is 24.2. The zero-order valence-electron chi connectivity index (χ0n) is 19.9. The molecule has 0 saturated carbocycles. The van der Waals surface area contributed by atoms with Crippen LogP contribution in [0, 0.1) is 0 Å². The monoisotopic (exact) mass is 504 g/mol. The zero-order chi connectivity index (χ0) is 24.8. The summed E-state index contributed by atoms with van der Waals surface area (Å²) in [5.41, 5.74) is 2.38. The van der Waals surface area contributed by atoms with Gasteiger partial charge in [0, 0.05) is 6.54 Å². The van der Waals surface area contributed by atoms with Crippen molar-refractivity contribution in [1.82, 2.24) is 29.4 Å². The third-order valence-corrected chi connectivity index (χ3v) is 7.62. The van der Waals surface area contributed by atoms with Gasteiger partial charge in [0.25, 0.3) is 0 Å². The summed E-state index contributed by atoms with van der Waals surface area (Å²) in [5, 5.41) is 13.7. The average Bonchev–Trinajstić information content (AvgIpc) is 3.58. The van der Waals surface area contributed by atoms with Gasteiger partial charge in [0.1, 0.15) is 6.33 Å². The van der Waals surface area contributed by atoms with E-state index in [2.05, 4.69) is 34.9 Å². The molecule has 0 amide bonds. The van der Waals surface area contributed by atoms with Gasteiger partial charge in [0.05, 0.1) is 28.7 Å². The van der Waals surface area contributed by atoms with E-state index in [9.17, 15) is 8.42 Å². The van der Waals surface area contributed by atoms with Crippen molar-refractivity contribution in [2.45, 2.75) is 30.7 Å². The number of nitrogens with one attached hydrogen (secondary N) is 1. The standard InChI is InChI=1S/C25H28N8O2S/c34-36(35,30-13-6-16-32-14-4-5-15-32)22-11-9-20(10-12-22)17-28-31-24-23-18-29-33(25(23)27-19-26-24)21-7-2-1-3-8-21/h1-3,7-12,18-19,30H,4-6,13-17H2. The summed E-state index contributed by atoms with van der Waals surface area (Å²) >= 11 is 0. The van der Waals surface area contributed by atoms with Gasteiger partial charge in [0.15, 0.2) is 11.5 Å². The molecule has 36 heavy (non-hydrogen) atoms. The second-order valence-corrected chi connectivity index (χ2v) is 10.4. The predicted molar refractivity (Wildman–Crippen MR) is 137 cm³/mol. The topological polar surface area (TPSA) is 118 Å². The summed E-state index contributed by atoms with van der Waals surface area (Å²) in [6.45, 7) is 3.89. The van der Waals surface area contributed by atoms with Gasteiger partial charge in [0.2, 0.25) is 10.0 Å². The molecule has 0 bridgehead atoms. The van der Waals surface area contributed by atoms with Crippen LogP contribution >= 0.6 is 0 Å². The van der Waals surface area contributed by atoms with Crippen molar-refractivity contribution in [3.63, 3.8) is 0 Å². The molecule has 1 aliphatic rings. The summed E-state index contributed by atoms with van der Waals surface area (Å²) in [5.74, 6) is 0.430. The molecular weight excluding hydrogens is 476 g/mol. The Morgan fingerprint density at radius 2 is 1.75 bits per heavy atom. The van der Waals surface area contributed by atoms with Crippen LogP contribution in [0.5, 0.6) is 0 Å². The van der Waals surface area contributed by atoms with Crippen molar-refractivity contribution < 1.29 is 8.42 Å². The third-order valence-electron chi connectivity index (χ3n) is 6.14. The number of rotatable bonds is 10. The number of fused-ring (bicyclic) bond motifs is 1. The van der Waals surface area contributed by atoms with Gasteiger partial charge in [-0.2, -0.15) is 10.2 Å². The molecule has 1 N–H and O–H groups in total. The van der Waals surface area contributed by atoms with Crippen molar-refractivity contribution in [1.29, 1.82) is 0 Å². The van der Waals surface area contributed by atoms with Crippen LogP contribution in [-0.4, -0.2) is 59.2 Å². The molecule has 1 aliphatic heterocycles. The SMILES string of the molecule is O=S(=O)(NCCCN1CCCC1)c1ccc(CN=Nc2ncnc3c2cnn3-c2ccccc2)cc1. The lowest BCUT2D eigenvalue weighted by Crippen LogP contribution is -2.28. The first-order valence-electron chi connectivity index (χ1n) is 12.0. The molecule has 186 valence electrons. The van der Waals surface area contributed by atoms with Gasteiger partial charge < -0.3 is 4.90 Å². The van der Waals surface area contributed by atoms with Crippen molar-refractivity contribution in [2.75, 3.05) is 26.2 Å². The number of benzene rings is 2. The van der Waals surface area contributed by atoms with E-state index in [4.69, 9.17) is 0 Å². The van der Waals surface area contributed by atoms with E-state index < -0.39 is 10.0 Å². The number of nitrogens with zero attached hydrogens (tertiary/aromatic N) is 7. The maximum atomic E-state index is 12.6. The minimum atomic E-state index is -3.53. The average molecular weight is 505 g/mol. The summed E-state index contributed by atoms with van der Waals surface area (Å²) in [6, 6.07) is 16.4. The molecule has 5 rings (SSSR count). The number of para-hydroxylation sites is 1. The lowest BCUT2D eigenvalue weighted by atomic mass is 10.2. The van der Waals surface area contributed by atoms with Crippen molar-refractivity contribution in [2.24, 2.45) is 10.2 Å². The number of sulfonamides is 1. The van der Waals surface area contributed by atoms with Gasteiger partial charge >= 0.3 is 0 Å². The molecule has 0 spiro atoms. The highest BCUT2D eigenvalue weighted by Gasteiger charge is 2.15. The van der Waals surface area contributed by atoms with Crippen molar-refractivity contribution >= 4 is 26.9 Å². The van der Waals surface area contributed by atoms with Crippen LogP contribution in [0.4, 0.5) is 5.82 Å². The molecule has 10 nitrogen and oxygen atoms in total. The predicted octanol–water partition coefficient (Wildman–Crippen LogP) is 3.86. The maximum Gasteiger partial charge on any atom is 0.240 e. The zero-order valence-corrected chi connectivity index (χ0v) is 20.7. The highest BCUT2D eigenvalue weighted by Crippen LogP contribution is 2.24. The van der Waals surface area contributed by atoms with Crippen molar-refractivity contribution in [3.8, 4) is 5.69 Å². The van der Waals surface area contributed by atoms with E-state index in [1.165, 1.54) is 19.2 Å². The Morgan fingerprint density at radius 1 is 0.972 bits per heavy atom. The minimum Gasteiger partial charge on any atom is -0.303 e. The number of hydrogen-bond donors (Lipinski definition) is 1. The quantitative estimate of drug-likeness (QED) is 0.259. The van der Waals surface area contributed by atoms with Gasteiger partial charge in [-0.05, 0) is 68.7 Å². The molecule has 1 saturated heterocycles. The summed E-state index contributed by atoms with van der Waals surface area (Å²) < 4.78 is 29.6. The number of hydrogen-bond acceptors (Lipinski definition) is 8. The van der Waals surface area contributed by atoms with Crippen LogP contribution in [0.25, 0.3) is 16.7 Å². The molecule has 1 fully saturated rings. The Kier molecular flexibility index (Phi) is 7.40. The van der Waals surface area contributed by atoms with Crippen molar-refractivity contribution in [3.05, 3.63) is 72.7 Å². The van der Waals surface area contributed by atoms with Crippen LogP contribution in [0.3, 0.4) is 0 Å². The molecule has 2 aromatic heterocycles. The molecule has 0 atom stereocenters. The van der Waals surface area contributed by atoms with E-state index >= 15 is 0 Å². The fraction of sp³-hybridized carbons (Fsp3) is 0.320. The molecule has 2 aromatic carbocycles. The molecule has 0 unspecified atom stereocenters. The number of azo groups is 1. The molecule has 0 aliphatic carbocycles. The third kappa shape index (κ3) is 5.64. The fourth-order valence-electron chi connectivity index (χ4n) is 4.23. The second-order valence-electron chi connectivity index (χ2n) is 8.67. The van der Waals surface area contributed by atoms with Crippen LogP contribution in [0.1, 0.15) is 24.8 Å². The largest absolute Gasteiger partial charge is 0.303 e. The highest BCUT2D eigenvalue weighted by atomic mass is 32.2. The van der Waals surface area contributed by atoms with Gasteiger partial charge in [-0.15, -0.1) is 5.11 Å². The van der Waals surface area contributed by atoms with Crippen LogP contribution < -0.4 is 4.72 Å². The summed E-state index contributed by atoms with van der Waals surface area (Å²) in [7, 11) is -3.53. The Morgan fingerprint density at radius 3 is 2.53 bits per heavy atom. The first-order valence-corrected chi connectivity index (χ1v) is 13.5. The van der Waals surface area contributed by atoms with Crippen LogP contribution in [0.2, 0.25) is 0 Å². The summed E-state index contributed by atoms with van der Waals surface area (Å²) in [6.07, 6.45) is 6.39. The summed E-state index contributed by atoms with van der Waals surface area (Å²) in [4.78, 5) is 11.2. The minimum absolute atomic E-state index is 0.246. The Balaban J connectivity index is 1.19. The lowest BCUT2D eigenvalue weighted by Gasteiger charge is -2.14. The Labute approximate surface area is 210 Å². The molecular formula is C25H28N8O2S. The number of likely N-dealkylation sites (tertiary alicyclic amines) is 1. The Bertz CT molecular complexity index is 1430. The first-order chi connectivity index (χ1) is 17.6. The van der Waals surface area contributed by atoms with E-state index in [-0.39, 0.29) is 4.90 Å². The van der Waals surface area contributed by atoms with E-state index in [0.29, 0.717) is 29.9 Å². The molecule has 0 radical (unpaired) electrons.